The molecular weight excluding hydrogens is 341 g/mol. The van der Waals surface area contributed by atoms with Gasteiger partial charge in [0.2, 0.25) is 5.91 Å². The molecular formula is C12H14BrF3N2O2. The van der Waals surface area contributed by atoms with Gasteiger partial charge in [0, 0.05) is 4.47 Å². The van der Waals surface area contributed by atoms with Gasteiger partial charge in [-0.15, -0.1) is 13.2 Å². The Kier molecular flexibility index (Phi) is 6.28. The van der Waals surface area contributed by atoms with E-state index in [2.05, 4.69) is 31.3 Å². The molecule has 0 bridgehead atoms. The highest BCUT2D eigenvalue weighted by atomic mass is 79.9. The highest BCUT2D eigenvalue weighted by molar-refractivity contribution is 9.10. The van der Waals surface area contributed by atoms with E-state index in [1.54, 1.807) is 0 Å². The molecule has 2 N–H and O–H groups in total. The number of amides is 1. The minimum Gasteiger partial charge on any atom is -0.404 e. The van der Waals surface area contributed by atoms with Crippen molar-refractivity contribution in [1.82, 2.24) is 5.32 Å². The van der Waals surface area contributed by atoms with E-state index in [0.29, 0.717) is 11.0 Å². The highest BCUT2D eigenvalue weighted by Crippen LogP contribution is 2.32. The Hall–Kier alpha value is -1.28. The second-order valence-corrected chi connectivity index (χ2v) is 4.83. The molecule has 112 valence electrons. The topological polar surface area (TPSA) is 50.4 Å². The van der Waals surface area contributed by atoms with E-state index < -0.39 is 18.0 Å². The van der Waals surface area contributed by atoms with Crippen molar-refractivity contribution in [2.24, 2.45) is 0 Å². The summed E-state index contributed by atoms with van der Waals surface area (Å²) in [5.41, 5.74) is -0.0335. The molecule has 0 fully saturated rings. The van der Waals surface area contributed by atoms with Crippen molar-refractivity contribution in [2.45, 2.75) is 19.7 Å². The van der Waals surface area contributed by atoms with E-state index in [4.69, 9.17) is 0 Å². The maximum absolute atomic E-state index is 12.3. The standard InChI is InChI=1S/C12H14BrF3N2O2/c1-2-5-17-7-11(19)18-9-4-3-8(13)6-10(9)20-12(14,15)16/h3-4,6,17H,2,5,7H2,1H3,(H,18,19). The lowest BCUT2D eigenvalue weighted by molar-refractivity contribution is -0.274. The van der Waals surface area contributed by atoms with E-state index >= 15 is 0 Å². The summed E-state index contributed by atoms with van der Waals surface area (Å²) in [6.07, 6.45) is -3.96. The molecule has 0 spiro atoms. The molecule has 0 aromatic heterocycles. The van der Waals surface area contributed by atoms with Crippen molar-refractivity contribution in [3.05, 3.63) is 22.7 Å². The van der Waals surface area contributed by atoms with Crippen molar-refractivity contribution >= 4 is 27.5 Å². The number of ether oxygens (including phenoxy) is 1. The van der Waals surface area contributed by atoms with E-state index in [1.807, 2.05) is 6.92 Å². The Morgan fingerprint density at radius 2 is 2.10 bits per heavy atom. The number of carbonyl (C=O) groups excluding carboxylic acids is 1. The smallest absolute Gasteiger partial charge is 0.404 e. The molecule has 0 saturated heterocycles. The monoisotopic (exact) mass is 354 g/mol. The first-order valence-corrected chi connectivity index (χ1v) is 6.67. The van der Waals surface area contributed by atoms with E-state index in [9.17, 15) is 18.0 Å². The molecule has 1 aromatic rings. The lowest BCUT2D eigenvalue weighted by Crippen LogP contribution is -2.29. The SMILES string of the molecule is CCCNCC(=O)Nc1ccc(Br)cc1OC(F)(F)F. The molecule has 0 atom stereocenters. The highest BCUT2D eigenvalue weighted by Gasteiger charge is 2.32. The zero-order chi connectivity index (χ0) is 15.2. The van der Waals surface area contributed by atoms with E-state index in [-0.39, 0.29) is 12.2 Å². The van der Waals surface area contributed by atoms with E-state index in [1.165, 1.54) is 12.1 Å². The molecule has 1 aromatic carbocycles. The van der Waals surface area contributed by atoms with Gasteiger partial charge < -0.3 is 15.4 Å². The van der Waals surface area contributed by atoms with Gasteiger partial charge in [0.05, 0.1) is 12.2 Å². The first kappa shape index (κ1) is 16.8. The van der Waals surface area contributed by atoms with Crippen molar-refractivity contribution < 1.29 is 22.7 Å². The largest absolute Gasteiger partial charge is 0.573 e. The molecule has 0 radical (unpaired) electrons. The van der Waals surface area contributed by atoms with Crippen LogP contribution in [0.3, 0.4) is 0 Å². The average Bonchev–Trinajstić information content (AvgIpc) is 2.31. The van der Waals surface area contributed by atoms with Crippen molar-refractivity contribution in [3.63, 3.8) is 0 Å². The summed E-state index contributed by atoms with van der Waals surface area (Å²) in [6.45, 7) is 2.62. The number of hydrogen-bond acceptors (Lipinski definition) is 3. The van der Waals surface area contributed by atoms with E-state index in [0.717, 1.165) is 12.5 Å². The van der Waals surface area contributed by atoms with Crippen molar-refractivity contribution in [2.75, 3.05) is 18.4 Å². The number of rotatable bonds is 6. The summed E-state index contributed by atoms with van der Waals surface area (Å²) in [6, 6.07) is 3.99. The second-order valence-electron chi connectivity index (χ2n) is 3.91. The Labute approximate surface area is 122 Å². The number of benzene rings is 1. The number of anilines is 1. The third kappa shape index (κ3) is 6.25. The second kappa shape index (κ2) is 7.49. The van der Waals surface area contributed by atoms with Crippen LogP contribution >= 0.6 is 15.9 Å². The van der Waals surface area contributed by atoms with Gasteiger partial charge in [0.1, 0.15) is 0 Å². The quantitative estimate of drug-likeness (QED) is 0.770. The lowest BCUT2D eigenvalue weighted by atomic mass is 10.3. The number of halogens is 4. The molecule has 0 aliphatic carbocycles. The normalized spacial score (nSPS) is 11.2. The van der Waals surface area contributed by atoms with Crippen LogP contribution in [0.25, 0.3) is 0 Å². The fourth-order valence-electron chi connectivity index (χ4n) is 1.38. The van der Waals surface area contributed by atoms with Crippen LogP contribution in [-0.2, 0) is 4.79 Å². The minimum absolute atomic E-state index is 0.0232. The van der Waals surface area contributed by atoms with Gasteiger partial charge in [0.25, 0.3) is 0 Å². The van der Waals surface area contributed by atoms with Gasteiger partial charge in [-0.25, -0.2) is 0 Å². The summed E-state index contributed by atoms with van der Waals surface area (Å²) in [5.74, 6) is -0.900. The molecule has 0 aliphatic heterocycles. The zero-order valence-electron chi connectivity index (χ0n) is 10.7. The zero-order valence-corrected chi connectivity index (χ0v) is 12.3. The maximum Gasteiger partial charge on any atom is 0.573 e. The molecule has 0 unspecified atom stereocenters. The molecule has 1 amide bonds. The fourth-order valence-corrected chi connectivity index (χ4v) is 1.72. The van der Waals surface area contributed by atoms with Gasteiger partial charge in [0.15, 0.2) is 5.75 Å². The molecule has 0 aliphatic rings. The van der Waals surface area contributed by atoms with Crippen molar-refractivity contribution in [3.8, 4) is 5.75 Å². The Balaban J connectivity index is 2.76. The molecule has 0 heterocycles. The van der Waals surface area contributed by atoms with Gasteiger partial charge in [-0.1, -0.05) is 22.9 Å². The first-order valence-electron chi connectivity index (χ1n) is 5.87. The van der Waals surface area contributed by atoms with Crippen LogP contribution in [0.2, 0.25) is 0 Å². The van der Waals surface area contributed by atoms with Gasteiger partial charge >= 0.3 is 6.36 Å². The van der Waals surface area contributed by atoms with Gasteiger partial charge in [-0.05, 0) is 31.2 Å². The average molecular weight is 355 g/mol. The third-order valence-electron chi connectivity index (χ3n) is 2.16. The summed E-state index contributed by atoms with van der Waals surface area (Å²) >= 11 is 3.05. The summed E-state index contributed by atoms with van der Waals surface area (Å²) in [4.78, 5) is 11.6. The van der Waals surface area contributed by atoms with Crippen LogP contribution in [0.5, 0.6) is 5.75 Å². The minimum atomic E-state index is -4.82. The van der Waals surface area contributed by atoms with Crippen LogP contribution in [0.4, 0.5) is 18.9 Å². The molecule has 0 saturated carbocycles. The number of nitrogens with one attached hydrogen (secondary N) is 2. The first-order chi connectivity index (χ1) is 9.31. The summed E-state index contributed by atoms with van der Waals surface area (Å²) < 4.78 is 41.1. The number of hydrogen-bond donors (Lipinski definition) is 2. The van der Waals surface area contributed by atoms with Crippen LogP contribution < -0.4 is 15.4 Å². The van der Waals surface area contributed by atoms with Crippen LogP contribution in [0, 0.1) is 0 Å². The molecule has 1 rings (SSSR count). The summed E-state index contributed by atoms with van der Waals surface area (Å²) in [5, 5.41) is 5.22. The van der Waals surface area contributed by atoms with Crippen LogP contribution in [0.1, 0.15) is 13.3 Å². The lowest BCUT2D eigenvalue weighted by Gasteiger charge is -2.14. The predicted molar refractivity (Wildman–Crippen MR) is 72.6 cm³/mol. The maximum atomic E-state index is 12.3. The Bertz CT molecular complexity index is 467. The molecule has 8 heteroatoms. The Morgan fingerprint density at radius 3 is 2.70 bits per heavy atom. The van der Waals surface area contributed by atoms with Crippen LogP contribution in [-0.4, -0.2) is 25.4 Å². The Morgan fingerprint density at radius 1 is 1.40 bits per heavy atom. The van der Waals surface area contributed by atoms with Crippen molar-refractivity contribution in [1.29, 1.82) is 0 Å². The molecule has 4 nitrogen and oxygen atoms in total. The number of alkyl halides is 3. The fraction of sp³-hybridized carbons (Fsp3) is 0.417. The number of carbonyl (C=O) groups is 1. The van der Waals surface area contributed by atoms with Gasteiger partial charge in [-0.2, -0.15) is 0 Å². The molecule has 20 heavy (non-hydrogen) atoms. The van der Waals surface area contributed by atoms with Crippen LogP contribution in [0.15, 0.2) is 22.7 Å². The van der Waals surface area contributed by atoms with Gasteiger partial charge in [-0.3, -0.25) is 4.79 Å². The predicted octanol–water partition coefficient (Wildman–Crippen LogP) is 3.29. The summed E-state index contributed by atoms with van der Waals surface area (Å²) in [7, 11) is 0. The third-order valence-corrected chi connectivity index (χ3v) is 2.65.